The fourth-order valence-electron chi connectivity index (χ4n) is 1.96. The predicted molar refractivity (Wildman–Crippen MR) is 106 cm³/mol. The summed E-state index contributed by atoms with van der Waals surface area (Å²) in [6.45, 7) is 0. The van der Waals surface area contributed by atoms with Crippen molar-refractivity contribution in [1.82, 2.24) is 9.88 Å². The number of fused-ring (bicyclic) bond motifs is 1. The number of rotatable bonds is 2. The van der Waals surface area contributed by atoms with E-state index in [2.05, 4.69) is 4.98 Å². The molecule has 3 aromatic rings. The Bertz CT molecular complexity index is 957. The molecule has 0 unspecified atom stereocenters. The van der Waals surface area contributed by atoms with Crippen LogP contribution in [0.1, 0.15) is 5.56 Å². The van der Waals surface area contributed by atoms with E-state index in [4.69, 9.17) is 21.8 Å². The summed E-state index contributed by atoms with van der Waals surface area (Å²) in [5.74, 6) is 0.166. The van der Waals surface area contributed by atoms with Crippen LogP contribution in [-0.2, 0) is 11.0 Å². The first kappa shape index (κ1) is 21.3. The van der Waals surface area contributed by atoms with Gasteiger partial charge in [0.25, 0.3) is 0 Å². The largest absolute Gasteiger partial charge is 0.434 e. The maximum absolute atomic E-state index is 12.6. The lowest BCUT2D eigenvalue weighted by Crippen LogP contribution is -2.06. The summed E-state index contributed by atoms with van der Waals surface area (Å²) in [5, 5.41) is 0.347. The fourth-order valence-corrected chi connectivity index (χ4v) is 2.95. The van der Waals surface area contributed by atoms with Crippen molar-refractivity contribution in [2.75, 3.05) is 19.8 Å². The van der Waals surface area contributed by atoms with E-state index in [9.17, 15) is 18.0 Å². The lowest BCUT2D eigenvalue weighted by atomic mass is 10.1. The van der Waals surface area contributed by atoms with E-state index in [1.165, 1.54) is 17.0 Å². The molecule has 0 aliphatic heterocycles. The third kappa shape index (κ3) is 5.04. The molecule has 0 saturated heterocycles. The van der Waals surface area contributed by atoms with Gasteiger partial charge in [-0.2, -0.15) is 13.2 Å². The third-order valence-corrected chi connectivity index (χ3v) is 4.45. The number of nitrogen functional groups attached to an aromatic ring is 1. The van der Waals surface area contributed by atoms with Gasteiger partial charge in [0.15, 0.2) is 5.58 Å². The zero-order valence-corrected chi connectivity index (χ0v) is 17.1. The Morgan fingerprint density at radius 3 is 2.30 bits per heavy atom. The van der Waals surface area contributed by atoms with E-state index < -0.39 is 11.7 Å². The molecule has 0 saturated carbocycles. The van der Waals surface area contributed by atoms with Crippen LogP contribution in [0, 0.1) is 3.57 Å². The summed E-state index contributed by atoms with van der Waals surface area (Å²) in [4.78, 5) is 15.1. The molecular weight excluding hydrogens is 498 g/mol. The van der Waals surface area contributed by atoms with Crippen molar-refractivity contribution < 1.29 is 22.4 Å². The predicted octanol–water partition coefficient (Wildman–Crippen LogP) is 5.06. The molecular formula is C17H14ClF3IN3O2. The molecule has 27 heavy (non-hydrogen) atoms. The highest BCUT2D eigenvalue weighted by Gasteiger charge is 2.30. The van der Waals surface area contributed by atoms with Gasteiger partial charge in [-0.1, -0.05) is 11.6 Å². The molecule has 1 heterocycles. The van der Waals surface area contributed by atoms with E-state index >= 15 is 0 Å². The average Bonchev–Trinajstić information content (AvgIpc) is 3.06. The fraction of sp³-hybridized carbons (Fsp3) is 0.176. The summed E-state index contributed by atoms with van der Waals surface area (Å²) >= 11 is 8.10. The van der Waals surface area contributed by atoms with Crippen LogP contribution in [0.4, 0.5) is 18.9 Å². The molecule has 0 radical (unpaired) electrons. The maximum atomic E-state index is 12.6. The Labute approximate surface area is 171 Å². The van der Waals surface area contributed by atoms with Crippen LogP contribution in [-0.4, -0.2) is 30.4 Å². The molecule has 0 aliphatic rings. The summed E-state index contributed by atoms with van der Waals surface area (Å²) in [6.07, 6.45) is -3.64. The van der Waals surface area contributed by atoms with Crippen LogP contribution in [0.5, 0.6) is 0 Å². The van der Waals surface area contributed by atoms with Crippen molar-refractivity contribution in [1.29, 1.82) is 0 Å². The molecule has 0 spiro atoms. The first-order valence-corrected chi connectivity index (χ1v) is 8.83. The quantitative estimate of drug-likeness (QED) is 0.297. The Morgan fingerprint density at radius 2 is 1.81 bits per heavy atom. The number of carbonyl (C=O) groups is 1. The van der Waals surface area contributed by atoms with Crippen LogP contribution in [0.2, 0.25) is 5.02 Å². The normalized spacial score (nSPS) is 11.1. The highest BCUT2D eigenvalue weighted by atomic mass is 127. The minimum atomic E-state index is -4.39. The maximum Gasteiger partial charge on any atom is 0.416 e. The Kier molecular flexibility index (Phi) is 6.58. The Balaban J connectivity index is 0.000000465. The van der Waals surface area contributed by atoms with Crippen molar-refractivity contribution in [2.45, 2.75) is 6.18 Å². The van der Waals surface area contributed by atoms with Crippen LogP contribution < -0.4 is 5.73 Å². The average molecular weight is 512 g/mol. The molecule has 144 valence electrons. The first-order valence-electron chi connectivity index (χ1n) is 7.38. The summed E-state index contributed by atoms with van der Waals surface area (Å²) in [6, 6.07) is 6.17. The van der Waals surface area contributed by atoms with E-state index in [-0.39, 0.29) is 5.89 Å². The number of amides is 1. The van der Waals surface area contributed by atoms with Crippen LogP contribution in [0.3, 0.4) is 0 Å². The van der Waals surface area contributed by atoms with Crippen molar-refractivity contribution in [2.24, 2.45) is 0 Å². The van der Waals surface area contributed by atoms with Crippen LogP contribution in [0.25, 0.3) is 22.6 Å². The second kappa shape index (κ2) is 8.34. The Hall–Kier alpha value is -2.01. The molecule has 5 nitrogen and oxygen atoms in total. The van der Waals surface area contributed by atoms with Crippen molar-refractivity contribution in [3.63, 3.8) is 0 Å². The molecule has 1 aromatic heterocycles. The van der Waals surface area contributed by atoms with Gasteiger partial charge in [-0.25, -0.2) is 4.98 Å². The Morgan fingerprint density at radius 1 is 1.26 bits per heavy atom. The van der Waals surface area contributed by atoms with Gasteiger partial charge in [0.2, 0.25) is 12.3 Å². The number of hydrogen-bond acceptors (Lipinski definition) is 4. The van der Waals surface area contributed by atoms with Crippen LogP contribution in [0.15, 0.2) is 34.7 Å². The van der Waals surface area contributed by atoms with Crippen molar-refractivity contribution in [3.8, 4) is 11.5 Å². The number of nitrogens with two attached hydrogens (primary N) is 1. The van der Waals surface area contributed by atoms with Crippen molar-refractivity contribution >= 4 is 57.4 Å². The summed E-state index contributed by atoms with van der Waals surface area (Å²) in [5.41, 5.74) is 6.73. The minimum absolute atomic E-state index is 0.166. The van der Waals surface area contributed by atoms with Gasteiger partial charge in [0, 0.05) is 23.2 Å². The molecule has 3 rings (SSSR count). The number of alkyl halides is 3. The van der Waals surface area contributed by atoms with E-state index in [0.717, 1.165) is 22.1 Å². The summed E-state index contributed by atoms with van der Waals surface area (Å²) < 4.78 is 44.0. The van der Waals surface area contributed by atoms with Gasteiger partial charge in [0.1, 0.15) is 5.52 Å². The highest BCUT2D eigenvalue weighted by molar-refractivity contribution is 14.1. The molecule has 10 heteroatoms. The molecule has 0 atom stereocenters. The van der Waals surface area contributed by atoms with Gasteiger partial charge in [-0.15, -0.1) is 0 Å². The van der Waals surface area contributed by atoms with Gasteiger partial charge < -0.3 is 15.1 Å². The number of carbonyl (C=O) groups excluding carboxylic acids is 1. The van der Waals surface area contributed by atoms with Gasteiger partial charge >= 0.3 is 6.18 Å². The molecule has 2 N–H and O–H groups in total. The van der Waals surface area contributed by atoms with Crippen molar-refractivity contribution in [3.05, 3.63) is 44.5 Å². The van der Waals surface area contributed by atoms with Gasteiger partial charge in [-0.05, 0) is 52.9 Å². The standard InChI is InChI=1S/C14H7ClF3IN2O.C3H7NO/c15-8-5-9(19)10(20)11-12(8)22-13(21-11)6-1-3-7(4-2-6)14(16,17)18;1-4(2)3-5/h1-5H,20H2;3H,1-2H3. The number of benzene rings is 2. The number of nitrogens with zero attached hydrogens (tertiary/aromatic N) is 2. The third-order valence-electron chi connectivity index (χ3n) is 3.28. The summed E-state index contributed by atoms with van der Waals surface area (Å²) in [7, 11) is 3.38. The second-order valence-corrected chi connectivity index (χ2v) is 7.16. The van der Waals surface area contributed by atoms with Crippen LogP contribution >= 0.6 is 34.2 Å². The van der Waals surface area contributed by atoms with Gasteiger partial charge in [-0.3, -0.25) is 4.79 Å². The molecule has 1 amide bonds. The smallest absolute Gasteiger partial charge is 0.416 e. The number of oxazole rings is 1. The lowest BCUT2D eigenvalue weighted by Gasteiger charge is -2.05. The monoisotopic (exact) mass is 511 g/mol. The highest BCUT2D eigenvalue weighted by Crippen LogP contribution is 2.36. The molecule has 0 fully saturated rings. The van der Waals surface area contributed by atoms with E-state index in [0.29, 0.717) is 27.4 Å². The second-order valence-electron chi connectivity index (χ2n) is 5.59. The lowest BCUT2D eigenvalue weighted by molar-refractivity contribution is -0.137. The van der Waals surface area contributed by atoms with Gasteiger partial charge in [0.05, 0.1) is 16.3 Å². The number of aromatic nitrogens is 1. The first-order chi connectivity index (χ1) is 12.5. The molecule has 0 aliphatic carbocycles. The van der Waals surface area contributed by atoms with E-state index in [1.807, 2.05) is 22.6 Å². The number of halogens is 5. The molecule has 2 aromatic carbocycles. The zero-order valence-electron chi connectivity index (χ0n) is 14.1. The topological polar surface area (TPSA) is 72.4 Å². The molecule has 0 bridgehead atoms. The zero-order chi connectivity index (χ0) is 20.4. The number of anilines is 1. The minimum Gasteiger partial charge on any atom is -0.434 e. The SMILES string of the molecule is CN(C)C=O.Nc1c(I)cc(Cl)c2oc(-c3ccc(C(F)(F)F)cc3)nc12. The van der Waals surface area contributed by atoms with E-state index in [1.54, 1.807) is 20.2 Å². The number of hydrogen-bond donors (Lipinski definition) is 1.